The fourth-order valence-electron chi connectivity index (χ4n) is 3.64. The Hall–Kier alpha value is -2.54. The van der Waals surface area contributed by atoms with Crippen molar-refractivity contribution in [2.75, 3.05) is 23.3 Å². The third kappa shape index (κ3) is 2.72. The van der Waals surface area contributed by atoms with Crippen molar-refractivity contribution in [1.29, 1.82) is 0 Å². The van der Waals surface area contributed by atoms with Crippen LogP contribution in [0.1, 0.15) is 24.0 Å². The van der Waals surface area contributed by atoms with Crippen LogP contribution in [-0.4, -0.2) is 28.0 Å². The summed E-state index contributed by atoms with van der Waals surface area (Å²) in [6.07, 6.45) is 3.94. The van der Waals surface area contributed by atoms with Crippen LogP contribution in [0.3, 0.4) is 0 Å². The molecule has 0 fully saturated rings. The van der Waals surface area contributed by atoms with Crippen LogP contribution in [0.2, 0.25) is 0 Å². The molecule has 1 N–H and O–H groups in total. The number of nitrogens with one attached hydrogen (secondary N) is 1. The molecule has 0 atom stereocenters. The van der Waals surface area contributed by atoms with Crippen LogP contribution >= 0.6 is 0 Å². The van der Waals surface area contributed by atoms with Crippen LogP contribution in [0.25, 0.3) is 0 Å². The Morgan fingerprint density at radius 2 is 1.77 bits per heavy atom. The second-order valence-corrected chi connectivity index (χ2v) is 8.39. The van der Waals surface area contributed by atoms with Crippen molar-refractivity contribution in [3.05, 3.63) is 47.5 Å². The molecule has 7 heteroatoms. The molecule has 6 nitrogen and oxygen atoms in total. The predicted octanol–water partition coefficient (Wildman–Crippen LogP) is 2.72. The summed E-state index contributed by atoms with van der Waals surface area (Å²) in [6.45, 7) is -0.250. The third-order valence-electron chi connectivity index (χ3n) is 4.93. The summed E-state index contributed by atoms with van der Waals surface area (Å²) in [7, 11) is -2.46. The van der Waals surface area contributed by atoms with Gasteiger partial charge in [0.2, 0.25) is 5.91 Å². The molecule has 1 amide bonds. The normalized spacial score (nSPS) is 16.5. The molecular formula is C19H20N2O4S. The van der Waals surface area contributed by atoms with Gasteiger partial charge in [-0.3, -0.25) is 9.10 Å². The molecule has 136 valence electrons. The number of rotatable bonds is 3. The minimum Gasteiger partial charge on any atom is -0.495 e. The number of nitrogens with zero attached hydrogens (tertiary/aromatic N) is 1. The average molecular weight is 372 g/mol. The van der Waals surface area contributed by atoms with Gasteiger partial charge in [-0.2, -0.15) is 0 Å². The maximum absolute atomic E-state index is 13.4. The Labute approximate surface area is 152 Å². The first kappa shape index (κ1) is 16.9. The lowest BCUT2D eigenvalue weighted by atomic mass is 9.92. The van der Waals surface area contributed by atoms with Crippen LogP contribution in [0.5, 0.6) is 5.75 Å². The fraction of sp³-hybridized carbons (Fsp3) is 0.316. The molecule has 2 aliphatic rings. The van der Waals surface area contributed by atoms with Crippen molar-refractivity contribution in [3.63, 3.8) is 0 Å². The lowest BCUT2D eigenvalue weighted by molar-refractivity contribution is -0.115. The molecule has 1 aliphatic heterocycles. The second kappa shape index (κ2) is 6.32. The zero-order valence-electron chi connectivity index (χ0n) is 14.5. The Morgan fingerprint density at radius 3 is 2.50 bits per heavy atom. The van der Waals surface area contributed by atoms with Gasteiger partial charge in [0.25, 0.3) is 10.0 Å². The zero-order chi connectivity index (χ0) is 18.3. The van der Waals surface area contributed by atoms with Gasteiger partial charge >= 0.3 is 0 Å². The van der Waals surface area contributed by atoms with E-state index in [0.29, 0.717) is 17.1 Å². The molecular weight excluding hydrogens is 352 g/mol. The molecule has 0 aromatic heterocycles. The highest BCUT2D eigenvalue weighted by atomic mass is 32.2. The summed E-state index contributed by atoms with van der Waals surface area (Å²) in [5.74, 6) is -0.0293. The largest absolute Gasteiger partial charge is 0.495 e. The van der Waals surface area contributed by atoms with Gasteiger partial charge < -0.3 is 10.1 Å². The van der Waals surface area contributed by atoms with E-state index >= 15 is 0 Å². The molecule has 0 saturated carbocycles. The number of aryl methyl sites for hydroxylation is 2. The first-order valence-electron chi connectivity index (χ1n) is 8.62. The summed E-state index contributed by atoms with van der Waals surface area (Å²) in [5.41, 5.74) is 3.14. The Bertz CT molecular complexity index is 985. The highest BCUT2D eigenvalue weighted by Crippen LogP contribution is 2.38. The maximum Gasteiger partial charge on any atom is 0.268 e. The van der Waals surface area contributed by atoms with Crippen molar-refractivity contribution in [3.8, 4) is 5.75 Å². The Kier molecular flexibility index (Phi) is 4.11. The van der Waals surface area contributed by atoms with Gasteiger partial charge in [0.15, 0.2) is 0 Å². The van der Waals surface area contributed by atoms with E-state index in [1.54, 1.807) is 30.3 Å². The van der Waals surface area contributed by atoms with E-state index in [9.17, 15) is 13.2 Å². The van der Waals surface area contributed by atoms with Gasteiger partial charge in [-0.25, -0.2) is 8.42 Å². The minimum atomic E-state index is -3.94. The van der Waals surface area contributed by atoms with Crippen molar-refractivity contribution in [1.82, 2.24) is 0 Å². The molecule has 1 heterocycles. The number of carbonyl (C=O) groups excluding carboxylic acids is 1. The molecule has 0 bridgehead atoms. The summed E-state index contributed by atoms with van der Waals surface area (Å²) >= 11 is 0. The van der Waals surface area contributed by atoms with Gasteiger partial charge in [-0.15, -0.1) is 0 Å². The molecule has 0 unspecified atom stereocenters. The minimum absolute atomic E-state index is 0.116. The molecule has 0 saturated heterocycles. The van der Waals surface area contributed by atoms with E-state index in [2.05, 4.69) is 5.32 Å². The van der Waals surface area contributed by atoms with Gasteiger partial charge in [0, 0.05) is 0 Å². The first-order valence-corrected chi connectivity index (χ1v) is 10.1. The smallest absolute Gasteiger partial charge is 0.268 e. The molecule has 2 aromatic carbocycles. The summed E-state index contributed by atoms with van der Waals surface area (Å²) < 4.78 is 33.4. The molecule has 0 spiro atoms. The van der Waals surface area contributed by atoms with Crippen LogP contribution in [-0.2, 0) is 27.7 Å². The van der Waals surface area contributed by atoms with Crippen LogP contribution in [0, 0.1) is 0 Å². The number of fused-ring (bicyclic) bond motifs is 2. The standard InChI is InChI=1S/C19H20N2O4S/c1-25-17-10-13-6-2-3-7-14(13)11-18(17)26(23,24)21-12-19(22)20-15-8-4-5-9-16(15)21/h4-5,8-11H,2-3,6-7,12H2,1H3,(H,20,22). The van der Waals surface area contributed by atoms with E-state index in [-0.39, 0.29) is 17.3 Å². The molecule has 1 aliphatic carbocycles. The predicted molar refractivity (Wildman–Crippen MR) is 99.2 cm³/mol. The van der Waals surface area contributed by atoms with Crippen LogP contribution < -0.4 is 14.4 Å². The van der Waals surface area contributed by atoms with Crippen LogP contribution in [0.4, 0.5) is 11.4 Å². The number of para-hydroxylation sites is 2. The van der Waals surface area contributed by atoms with Gasteiger partial charge in [0.05, 0.1) is 18.5 Å². The number of amides is 1. The van der Waals surface area contributed by atoms with Crippen LogP contribution in [0.15, 0.2) is 41.3 Å². The Balaban J connectivity index is 1.86. The van der Waals surface area contributed by atoms with E-state index < -0.39 is 10.0 Å². The molecule has 0 radical (unpaired) electrons. The highest BCUT2D eigenvalue weighted by Gasteiger charge is 2.35. The number of carbonyl (C=O) groups is 1. The number of sulfonamides is 1. The van der Waals surface area contributed by atoms with E-state index in [1.165, 1.54) is 7.11 Å². The van der Waals surface area contributed by atoms with Crippen molar-refractivity contribution < 1.29 is 17.9 Å². The Morgan fingerprint density at radius 1 is 1.08 bits per heavy atom. The van der Waals surface area contributed by atoms with E-state index in [0.717, 1.165) is 41.1 Å². The number of anilines is 2. The number of benzene rings is 2. The number of hydrogen-bond donors (Lipinski definition) is 1. The zero-order valence-corrected chi connectivity index (χ0v) is 15.3. The third-order valence-corrected chi connectivity index (χ3v) is 6.71. The molecule has 26 heavy (non-hydrogen) atoms. The SMILES string of the molecule is COc1cc2c(cc1S(=O)(=O)N1CC(=O)Nc3ccccc31)CCCC2. The lowest BCUT2D eigenvalue weighted by Crippen LogP contribution is -2.42. The molecule has 4 rings (SSSR count). The van der Waals surface area contributed by atoms with Gasteiger partial charge in [-0.1, -0.05) is 12.1 Å². The van der Waals surface area contributed by atoms with E-state index in [1.807, 2.05) is 6.07 Å². The summed E-state index contributed by atoms with van der Waals surface area (Å²) in [6, 6.07) is 10.4. The van der Waals surface area contributed by atoms with Crippen molar-refractivity contribution in [2.24, 2.45) is 0 Å². The average Bonchev–Trinajstić information content (AvgIpc) is 2.66. The topological polar surface area (TPSA) is 75.7 Å². The molecule has 2 aromatic rings. The van der Waals surface area contributed by atoms with Crippen molar-refractivity contribution in [2.45, 2.75) is 30.6 Å². The van der Waals surface area contributed by atoms with Gasteiger partial charge in [-0.05, 0) is 61.1 Å². The lowest BCUT2D eigenvalue weighted by Gasteiger charge is -2.31. The summed E-state index contributed by atoms with van der Waals surface area (Å²) in [5, 5.41) is 2.72. The number of hydrogen-bond acceptors (Lipinski definition) is 4. The summed E-state index contributed by atoms with van der Waals surface area (Å²) in [4.78, 5) is 12.2. The second-order valence-electron chi connectivity index (χ2n) is 6.56. The number of ether oxygens (including phenoxy) is 1. The quantitative estimate of drug-likeness (QED) is 0.899. The fourth-order valence-corrected chi connectivity index (χ4v) is 5.27. The van der Waals surface area contributed by atoms with E-state index in [4.69, 9.17) is 4.74 Å². The number of methoxy groups -OCH3 is 1. The monoisotopic (exact) mass is 372 g/mol. The highest BCUT2D eigenvalue weighted by molar-refractivity contribution is 7.93. The maximum atomic E-state index is 13.4. The first-order chi connectivity index (χ1) is 12.5. The van der Waals surface area contributed by atoms with Gasteiger partial charge in [0.1, 0.15) is 17.2 Å². The van der Waals surface area contributed by atoms with Crippen molar-refractivity contribution >= 4 is 27.3 Å².